The number of ether oxygens (including phenoxy) is 1. The lowest BCUT2D eigenvalue weighted by Gasteiger charge is -2.35. The maximum Gasteiger partial charge on any atom is 0.312 e. The molecule has 19 heavy (non-hydrogen) atoms. The van der Waals surface area contributed by atoms with Crippen molar-refractivity contribution in [3.8, 4) is 0 Å². The van der Waals surface area contributed by atoms with Crippen molar-refractivity contribution in [1.29, 1.82) is 0 Å². The molecular weight excluding hydrogens is 240 g/mol. The molecule has 0 spiro atoms. The van der Waals surface area contributed by atoms with E-state index in [4.69, 9.17) is 4.74 Å². The van der Waals surface area contributed by atoms with E-state index < -0.39 is 0 Å². The molecule has 2 rings (SSSR count). The van der Waals surface area contributed by atoms with Crippen LogP contribution in [0.25, 0.3) is 0 Å². The van der Waals surface area contributed by atoms with Gasteiger partial charge >= 0.3 is 5.97 Å². The second-order valence-corrected chi connectivity index (χ2v) is 5.90. The Kier molecular flexibility index (Phi) is 5.64. The predicted octanol–water partition coefficient (Wildman–Crippen LogP) is 1.80. The SMILES string of the molecule is CCOC(=O)C1(CCCN2CCCC2)CCNCC1. The highest BCUT2D eigenvalue weighted by Gasteiger charge is 2.40. The topological polar surface area (TPSA) is 41.6 Å². The smallest absolute Gasteiger partial charge is 0.312 e. The summed E-state index contributed by atoms with van der Waals surface area (Å²) >= 11 is 0. The molecule has 2 fully saturated rings. The van der Waals surface area contributed by atoms with Crippen LogP contribution in [0.4, 0.5) is 0 Å². The van der Waals surface area contributed by atoms with Gasteiger partial charge in [-0.2, -0.15) is 0 Å². The minimum absolute atomic E-state index is 0.0397. The third-order valence-electron chi connectivity index (χ3n) is 4.60. The molecule has 0 bridgehead atoms. The second-order valence-electron chi connectivity index (χ2n) is 5.90. The molecule has 2 aliphatic rings. The zero-order valence-electron chi connectivity index (χ0n) is 12.2. The Morgan fingerprint density at radius 2 is 1.95 bits per heavy atom. The maximum absolute atomic E-state index is 12.3. The van der Waals surface area contributed by atoms with Crippen LogP contribution in [0.15, 0.2) is 0 Å². The summed E-state index contributed by atoms with van der Waals surface area (Å²) in [5.41, 5.74) is -0.207. The molecule has 0 unspecified atom stereocenters. The van der Waals surface area contributed by atoms with Gasteiger partial charge in [0.2, 0.25) is 0 Å². The first-order chi connectivity index (χ1) is 9.27. The van der Waals surface area contributed by atoms with Crippen LogP contribution < -0.4 is 5.32 Å². The maximum atomic E-state index is 12.3. The molecule has 2 saturated heterocycles. The van der Waals surface area contributed by atoms with Crippen molar-refractivity contribution in [3.05, 3.63) is 0 Å². The van der Waals surface area contributed by atoms with Gasteiger partial charge in [-0.1, -0.05) is 0 Å². The molecule has 2 heterocycles. The zero-order valence-corrected chi connectivity index (χ0v) is 12.2. The molecule has 2 aliphatic heterocycles. The van der Waals surface area contributed by atoms with E-state index in [1.54, 1.807) is 0 Å². The van der Waals surface area contributed by atoms with Gasteiger partial charge < -0.3 is 15.0 Å². The van der Waals surface area contributed by atoms with Crippen LogP contribution in [0, 0.1) is 5.41 Å². The van der Waals surface area contributed by atoms with Gasteiger partial charge in [-0.15, -0.1) is 0 Å². The summed E-state index contributed by atoms with van der Waals surface area (Å²) in [6.45, 7) is 7.93. The van der Waals surface area contributed by atoms with Gasteiger partial charge in [-0.25, -0.2) is 0 Å². The van der Waals surface area contributed by atoms with Crippen molar-refractivity contribution in [3.63, 3.8) is 0 Å². The fraction of sp³-hybridized carbons (Fsp3) is 0.933. The number of nitrogens with zero attached hydrogens (tertiary/aromatic N) is 1. The largest absolute Gasteiger partial charge is 0.466 e. The summed E-state index contributed by atoms with van der Waals surface area (Å²) < 4.78 is 5.33. The summed E-state index contributed by atoms with van der Waals surface area (Å²) in [5.74, 6) is 0.0397. The minimum Gasteiger partial charge on any atom is -0.466 e. The van der Waals surface area contributed by atoms with Crippen molar-refractivity contribution in [2.45, 2.75) is 45.4 Å². The molecular formula is C15H28N2O2. The Bertz CT molecular complexity index is 282. The van der Waals surface area contributed by atoms with Gasteiger partial charge in [0.25, 0.3) is 0 Å². The molecule has 0 radical (unpaired) electrons. The highest BCUT2D eigenvalue weighted by atomic mass is 16.5. The number of carbonyl (C=O) groups excluding carboxylic acids is 1. The van der Waals surface area contributed by atoms with E-state index in [9.17, 15) is 4.79 Å². The molecule has 4 nitrogen and oxygen atoms in total. The van der Waals surface area contributed by atoms with Gasteiger partial charge in [-0.3, -0.25) is 4.79 Å². The summed E-state index contributed by atoms with van der Waals surface area (Å²) in [6.07, 6.45) is 6.67. The number of esters is 1. The number of hydrogen-bond acceptors (Lipinski definition) is 4. The van der Waals surface area contributed by atoms with E-state index in [0.29, 0.717) is 6.61 Å². The van der Waals surface area contributed by atoms with Crippen LogP contribution in [0.3, 0.4) is 0 Å². The third-order valence-corrected chi connectivity index (χ3v) is 4.60. The van der Waals surface area contributed by atoms with Crippen molar-refractivity contribution in [1.82, 2.24) is 10.2 Å². The second kappa shape index (κ2) is 7.25. The number of likely N-dealkylation sites (tertiary alicyclic amines) is 1. The Morgan fingerprint density at radius 3 is 2.58 bits per heavy atom. The number of piperidine rings is 1. The van der Waals surface area contributed by atoms with E-state index in [1.165, 1.54) is 25.9 Å². The molecule has 0 aromatic heterocycles. The monoisotopic (exact) mass is 268 g/mol. The lowest BCUT2D eigenvalue weighted by atomic mass is 9.75. The van der Waals surface area contributed by atoms with Gasteiger partial charge in [0, 0.05) is 0 Å². The van der Waals surface area contributed by atoms with Crippen molar-refractivity contribution in [2.24, 2.45) is 5.41 Å². The molecule has 0 saturated carbocycles. The average Bonchev–Trinajstić information content (AvgIpc) is 2.93. The molecule has 0 atom stereocenters. The van der Waals surface area contributed by atoms with E-state index in [-0.39, 0.29) is 11.4 Å². The predicted molar refractivity (Wildman–Crippen MR) is 76.1 cm³/mol. The van der Waals surface area contributed by atoms with Crippen LogP contribution in [0.2, 0.25) is 0 Å². The number of nitrogens with one attached hydrogen (secondary N) is 1. The van der Waals surface area contributed by atoms with E-state index in [0.717, 1.165) is 45.3 Å². The Balaban J connectivity index is 1.83. The van der Waals surface area contributed by atoms with Crippen molar-refractivity contribution < 1.29 is 9.53 Å². The van der Waals surface area contributed by atoms with E-state index >= 15 is 0 Å². The first-order valence-corrected chi connectivity index (χ1v) is 7.87. The van der Waals surface area contributed by atoms with Crippen molar-refractivity contribution in [2.75, 3.05) is 39.3 Å². The molecule has 1 N–H and O–H groups in total. The first kappa shape index (κ1) is 14.8. The number of hydrogen-bond donors (Lipinski definition) is 1. The first-order valence-electron chi connectivity index (χ1n) is 7.87. The van der Waals surface area contributed by atoms with Gasteiger partial charge in [0.05, 0.1) is 12.0 Å². The van der Waals surface area contributed by atoms with E-state index in [2.05, 4.69) is 10.2 Å². The van der Waals surface area contributed by atoms with Gasteiger partial charge in [0.15, 0.2) is 0 Å². The normalized spacial score (nSPS) is 23.4. The molecule has 0 aromatic rings. The average molecular weight is 268 g/mol. The van der Waals surface area contributed by atoms with Crippen LogP contribution >= 0.6 is 0 Å². The van der Waals surface area contributed by atoms with Crippen LogP contribution in [-0.4, -0.2) is 50.2 Å². The highest BCUT2D eigenvalue weighted by Crippen LogP contribution is 2.35. The summed E-state index contributed by atoms with van der Waals surface area (Å²) in [7, 11) is 0. The van der Waals surface area contributed by atoms with Crippen molar-refractivity contribution >= 4 is 5.97 Å². The number of carbonyl (C=O) groups is 1. The standard InChI is InChI=1S/C15H28N2O2/c1-2-19-14(18)15(7-9-16-10-8-15)6-5-13-17-11-3-4-12-17/h16H,2-13H2,1H3. The lowest BCUT2D eigenvalue weighted by Crippen LogP contribution is -2.43. The van der Waals surface area contributed by atoms with Crippen LogP contribution in [0.1, 0.15) is 45.4 Å². The van der Waals surface area contributed by atoms with E-state index in [1.807, 2.05) is 6.92 Å². The lowest BCUT2D eigenvalue weighted by molar-refractivity contribution is -0.157. The van der Waals surface area contributed by atoms with Gasteiger partial charge in [-0.05, 0) is 78.2 Å². The Hall–Kier alpha value is -0.610. The summed E-state index contributed by atoms with van der Waals surface area (Å²) in [6, 6.07) is 0. The fourth-order valence-corrected chi connectivity index (χ4v) is 3.39. The quantitative estimate of drug-likeness (QED) is 0.746. The molecule has 0 amide bonds. The summed E-state index contributed by atoms with van der Waals surface area (Å²) in [4.78, 5) is 14.8. The van der Waals surface area contributed by atoms with Crippen LogP contribution in [0.5, 0.6) is 0 Å². The minimum atomic E-state index is -0.207. The Morgan fingerprint density at radius 1 is 1.26 bits per heavy atom. The molecule has 110 valence electrons. The molecule has 0 aliphatic carbocycles. The number of rotatable bonds is 6. The molecule has 4 heteroatoms. The fourth-order valence-electron chi connectivity index (χ4n) is 3.39. The van der Waals surface area contributed by atoms with Gasteiger partial charge in [0.1, 0.15) is 0 Å². The highest BCUT2D eigenvalue weighted by molar-refractivity contribution is 5.77. The summed E-state index contributed by atoms with van der Waals surface area (Å²) in [5, 5.41) is 3.35. The van der Waals surface area contributed by atoms with Crippen LogP contribution in [-0.2, 0) is 9.53 Å². The zero-order chi connectivity index (χ0) is 13.6. The third kappa shape index (κ3) is 3.93. The Labute approximate surface area is 116 Å². The molecule has 0 aromatic carbocycles.